The quantitative estimate of drug-likeness (QED) is 0.434. The van der Waals surface area contributed by atoms with Gasteiger partial charge in [0.25, 0.3) is 0 Å². The Morgan fingerprint density at radius 3 is 2.73 bits per heavy atom. The first-order valence-corrected chi connectivity index (χ1v) is 5.65. The summed E-state index contributed by atoms with van der Waals surface area (Å²) in [6, 6.07) is 3.44. The van der Waals surface area contributed by atoms with Gasteiger partial charge in [-0.15, -0.1) is 11.3 Å². The Morgan fingerprint density at radius 2 is 2.27 bits per heavy atom. The molecule has 1 heterocycles. The van der Waals surface area contributed by atoms with Crippen molar-refractivity contribution in [1.82, 2.24) is 10.7 Å². The van der Waals surface area contributed by atoms with Crippen LogP contribution in [0, 0.1) is 0 Å². The second-order valence-electron chi connectivity index (χ2n) is 3.81. The number of carbonyl (C=O) groups excluding carboxylic acids is 1. The maximum absolute atomic E-state index is 10.9. The average molecular weight is 248 g/mol. The molecule has 0 aromatic carbocycles. The van der Waals surface area contributed by atoms with Gasteiger partial charge in [-0.1, -0.05) is 25.4 Å². The van der Waals surface area contributed by atoms with Crippen molar-refractivity contribution in [1.29, 1.82) is 0 Å². The molecule has 4 nitrogen and oxygen atoms in total. The van der Waals surface area contributed by atoms with Crippen molar-refractivity contribution in [2.75, 3.05) is 6.54 Å². The highest BCUT2D eigenvalue weighted by Gasteiger charge is 2.23. The number of nitrogens with two attached hydrogens (primary N) is 1. The van der Waals surface area contributed by atoms with Gasteiger partial charge in [0.15, 0.2) is 0 Å². The van der Waals surface area contributed by atoms with Gasteiger partial charge in [-0.05, 0) is 12.1 Å². The van der Waals surface area contributed by atoms with E-state index >= 15 is 0 Å². The number of urea groups is 1. The van der Waals surface area contributed by atoms with Crippen molar-refractivity contribution in [2.24, 2.45) is 5.84 Å². The molecule has 0 saturated heterocycles. The number of amides is 2. The van der Waals surface area contributed by atoms with E-state index in [4.69, 9.17) is 17.4 Å². The molecule has 0 spiro atoms. The van der Waals surface area contributed by atoms with E-state index in [2.05, 4.69) is 5.32 Å². The number of halogens is 1. The second kappa shape index (κ2) is 4.83. The summed E-state index contributed by atoms with van der Waals surface area (Å²) >= 11 is 7.37. The zero-order valence-electron chi connectivity index (χ0n) is 8.63. The molecule has 0 aliphatic heterocycles. The zero-order chi connectivity index (χ0) is 11.5. The molecule has 0 saturated carbocycles. The van der Waals surface area contributed by atoms with Gasteiger partial charge in [0.1, 0.15) is 0 Å². The maximum atomic E-state index is 10.9. The van der Waals surface area contributed by atoms with E-state index in [1.165, 1.54) is 11.3 Å². The third kappa shape index (κ3) is 3.37. The summed E-state index contributed by atoms with van der Waals surface area (Å²) in [4.78, 5) is 12.1. The summed E-state index contributed by atoms with van der Waals surface area (Å²) in [7, 11) is 0. The van der Waals surface area contributed by atoms with Crippen LogP contribution in [0.5, 0.6) is 0 Å². The fraction of sp³-hybridized carbons (Fsp3) is 0.444. The summed E-state index contributed by atoms with van der Waals surface area (Å²) < 4.78 is 0.751. The first kappa shape index (κ1) is 12.3. The Bertz CT molecular complexity index is 351. The van der Waals surface area contributed by atoms with Crippen LogP contribution in [0.3, 0.4) is 0 Å². The van der Waals surface area contributed by atoms with Crippen LogP contribution in [0.1, 0.15) is 18.7 Å². The van der Waals surface area contributed by atoms with Gasteiger partial charge in [-0.25, -0.2) is 10.6 Å². The highest BCUT2D eigenvalue weighted by atomic mass is 35.5. The lowest BCUT2D eigenvalue weighted by Gasteiger charge is -2.23. The van der Waals surface area contributed by atoms with Crippen molar-refractivity contribution in [2.45, 2.75) is 19.3 Å². The van der Waals surface area contributed by atoms with E-state index in [0.717, 1.165) is 9.21 Å². The zero-order valence-corrected chi connectivity index (χ0v) is 10.2. The SMILES string of the molecule is CC(C)(CNC(=O)NN)c1ccc(Cl)s1. The van der Waals surface area contributed by atoms with Gasteiger partial charge in [0, 0.05) is 16.8 Å². The van der Waals surface area contributed by atoms with Crippen LogP contribution >= 0.6 is 22.9 Å². The van der Waals surface area contributed by atoms with Crippen molar-refractivity contribution in [3.63, 3.8) is 0 Å². The highest BCUT2D eigenvalue weighted by molar-refractivity contribution is 7.16. The lowest BCUT2D eigenvalue weighted by Crippen LogP contribution is -2.44. The van der Waals surface area contributed by atoms with Crippen LogP contribution < -0.4 is 16.6 Å². The van der Waals surface area contributed by atoms with Crippen LogP contribution in [0.4, 0.5) is 4.79 Å². The lowest BCUT2D eigenvalue weighted by atomic mass is 9.91. The first-order chi connectivity index (χ1) is 6.95. The average Bonchev–Trinajstić information content (AvgIpc) is 2.62. The summed E-state index contributed by atoms with van der Waals surface area (Å²) in [5.74, 6) is 4.96. The van der Waals surface area contributed by atoms with Gasteiger partial charge in [-0.2, -0.15) is 0 Å². The normalized spacial score (nSPS) is 11.2. The summed E-state index contributed by atoms with van der Waals surface area (Å²) in [5.41, 5.74) is 1.87. The fourth-order valence-electron chi connectivity index (χ4n) is 1.12. The van der Waals surface area contributed by atoms with Crippen molar-refractivity contribution in [3.8, 4) is 0 Å². The number of thiophene rings is 1. The van der Waals surface area contributed by atoms with Gasteiger partial charge in [0.05, 0.1) is 4.34 Å². The summed E-state index contributed by atoms with van der Waals surface area (Å²) in [6.45, 7) is 4.57. The number of hydrogen-bond donors (Lipinski definition) is 3. The molecule has 15 heavy (non-hydrogen) atoms. The molecule has 1 rings (SSSR count). The number of carbonyl (C=O) groups is 1. The molecule has 0 radical (unpaired) electrons. The van der Waals surface area contributed by atoms with Crippen molar-refractivity contribution < 1.29 is 4.79 Å². The Labute approximate surface area is 97.8 Å². The molecule has 1 aromatic heterocycles. The Hall–Kier alpha value is -0.780. The summed E-state index contributed by atoms with van der Waals surface area (Å²) in [5, 5.41) is 2.67. The molecule has 0 fully saturated rings. The molecule has 0 unspecified atom stereocenters. The number of hydrazine groups is 1. The molecule has 0 aliphatic carbocycles. The van der Waals surface area contributed by atoms with Gasteiger partial charge < -0.3 is 5.32 Å². The molecule has 4 N–H and O–H groups in total. The number of hydrogen-bond acceptors (Lipinski definition) is 3. The minimum Gasteiger partial charge on any atom is -0.336 e. The Kier molecular flexibility index (Phi) is 3.96. The van der Waals surface area contributed by atoms with E-state index in [9.17, 15) is 4.79 Å². The van der Waals surface area contributed by atoms with Crippen molar-refractivity contribution >= 4 is 29.0 Å². The predicted octanol–water partition coefficient (Wildman–Crippen LogP) is 1.85. The minimum absolute atomic E-state index is 0.148. The van der Waals surface area contributed by atoms with Gasteiger partial charge in [0.2, 0.25) is 0 Å². The van der Waals surface area contributed by atoms with Crippen LogP contribution in [0.15, 0.2) is 12.1 Å². The largest absolute Gasteiger partial charge is 0.336 e. The molecular formula is C9H14ClN3OS. The Morgan fingerprint density at radius 1 is 1.60 bits per heavy atom. The molecule has 84 valence electrons. The lowest BCUT2D eigenvalue weighted by molar-refractivity contribution is 0.238. The number of nitrogens with one attached hydrogen (secondary N) is 2. The van der Waals surface area contributed by atoms with Gasteiger partial charge >= 0.3 is 6.03 Å². The first-order valence-electron chi connectivity index (χ1n) is 4.46. The molecular weight excluding hydrogens is 234 g/mol. The van der Waals surface area contributed by atoms with Crippen LogP contribution in [-0.4, -0.2) is 12.6 Å². The summed E-state index contributed by atoms with van der Waals surface area (Å²) in [6.07, 6.45) is 0. The van der Waals surface area contributed by atoms with Crippen LogP contribution in [-0.2, 0) is 5.41 Å². The third-order valence-corrected chi connectivity index (χ3v) is 3.66. The smallest absolute Gasteiger partial charge is 0.328 e. The molecule has 0 aliphatic rings. The van der Waals surface area contributed by atoms with E-state index in [0.29, 0.717) is 6.54 Å². The second-order valence-corrected chi connectivity index (χ2v) is 5.53. The molecule has 2 amide bonds. The molecule has 6 heteroatoms. The minimum atomic E-state index is -0.384. The van der Waals surface area contributed by atoms with Crippen LogP contribution in [0.25, 0.3) is 0 Å². The predicted molar refractivity (Wildman–Crippen MR) is 63.1 cm³/mol. The fourth-order valence-corrected chi connectivity index (χ4v) is 2.26. The van der Waals surface area contributed by atoms with E-state index < -0.39 is 0 Å². The maximum Gasteiger partial charge on any atom is 0.328 e. The van der Waals surface area contributed by atoms with E-state index in [-0.39, 0.29) is 11.4 Å². The monoisotopic (exact) mass is 247 g/mol. The Balaban J connectivity index is 2.63. The van der Waals surface area contributed by atoms with Crippen LogP contribution in [0.2, 0.25) is 4.34 Å². The van der Waals surface area contributed by atoms with Crippen molar-refractivity contribution in [3.05, 3.63) is 21.3 Å². The molecule has 1 aromatic rings. The van der Waals surface area contributed by atoms with Gasteiger partial charge in [-0.3, -0.25) is 5.43 Å². The van der Waals surface area contributed by atoms with E-state index in [1.807, 2.05) is 31.4 Å². The standard InChI is InChI=1S/C9H14ClN3OS/c1-9(2,5-12-8(14)13-11)6-3-4-7(10)15-6/h3-4H,5,11H2,1-2H3,(H2,12,13,14). The number of rotatable bonds is 3. The van der Waals surface area contributed by atoms with E-state index in [1.54, 1.807) is 0 Å². The third-order valence-electron chi connectivity index (χ3n) is 2.06. The highest BCUT2D eigenvalue weighted by Crippen LogP contribution is 2.31. The molecule has 0 bridgehead atoms. The topological polar surface area (TPSA) is 67.2 Å². The molecule has 0 atom stereocenters.